The summed E-state index contributed by atoms with van der Waals surface area (Å²) >= 11 is 6.40. The minimum atomic E-state index is -0.448. The zero-order valence-electron chi connectivity index (χ0n) is 14.3. The molecule has 2 aromatic heterocycles. The van der Waals surface area contributed by atoms with Crippen molar-refractivity contribution in [3.8, 4) is 11.1 Å². The number of anilines is 2. The minimum Gasteiger partial charge on any atom is -0.439 e. The average molecular weight is 366 g/mol. The highest BCUT2D eigenvalue weighted by atomic mass is 35.5. The lowest BCUT2D eigenvalue weighted by Crippen LogP contribution is -2.00. The Bertz CT molecular complexity index is 1170. The molecule has 0 bridgehead atoms. The molecule has 4 nitrogen and oxygen atoms in total. The van der Waals surface area contributed by atoms with Gasteiger partial charge in [-0.15, -0.1) is 0 Å². The van der Waals surface area contributed by atoms with E-state index in [0.717, 1.165) is 11.3 Å². The fourth-order valence-corrected chi connectivity index (χ4v) is 3.24. The van der Waals surface area contributed by atoms with Gasteiger partial charge in [-0.1, -0.05) is 48.0 Å². The van der Waals surface area contributed by atoms with Crippen LogP contribution in [0.4, 0.5) is 11.6 Å². The van der Waals surface area contributed by atoms with E-state index in [-0.39, 0.29) is 0 Å². The number of rotatable bonds is 3. The van der Waals surface area contributed by atoms with Crippen molar-refractivity contribution < 1.29 is 8.83 Å². The van der Waals surface area contributed by atoms with Gasteiger partial charge in [0.1, 0.15) is 16.7 Å². The molecule has 130 valence electrons. The number of halogens is 1. The molecule has 0 spiro atoms. The largest absolute Gasteiger partial charge is 0.439 e. The molecule has 0 aliphatic heterocycles. The molecule has 0 fully saturated rings. The second kappa shape index (κ2) is 6.39. The highest BCUT2D eigenvalue weighted by Crippen LogP contribution is 2.41. The van der Waals surface area contributed by atoms with E-state index in [1.165, 1.54) is 0 Å². The first-order valence-corrected chi connectivity index (χ1v) is 8.57. The van der Waals surface area contributed by atoms with Crippen LogP contribution in [-0.2, 0) is 0 Å². The predicted octanol–water partition coefficient (Wildman–Crippen LogP) is 6.07. The van der Waals surface area contributed by atoms with Crippen LogP contribution in [0, 0.1) is 13.8 Å². The van der Waals surface area contributed by atoms with E-state index in [4.69, 9.17) is 20.4 Å². The van der Waals surface area contributed by atoms with E-state index in [9.17, 15) is 4.79 Å². The predicted molar refractivity (Wildman–Crippen MR) is 104 cm³/mol. The molecule has 5 heteroatoms. The van der Waals surface area contributed by atoms with Crippen molar-refractivity contribution in [1.82, 2.24) is 0 Å². The van der Waals surface area contributed by atoms with Crippen molar-refractivity contribution in [3.05, 3.63) is 81.4 Å². The van der Waals surface area contributed by atoms with Crippen molar-refractivity contribution in [3.63, 3.8) is 0 Å². The van der Waals surface area contributed by atoms with E-state index in [2.05, 4.69) is 5.32 Å². The summed E-state index contributed by atoms with van der Waals surface area (Å²) in [5.74, 6) is 0.949. The lowest BCUT2D eigenvalue weighted by molar-refractivity contribution is 0.485. The summed E-state index contributed by atoms with van der Waals surface area (Å²) < 4.78 is 11.3. The lowest BCUT2D eigenvalue weighted by Gasteiger charge is -2.09. The van der Waals surface area contributed by atoms with E-state index in [0.29, 0.717) is 38.8 Å². The van der Waals surface area contributed by atoms with Gasteiger partial charge in [0.2, 0.25) is 5.88 Å². The monoisotopic (exact) mass is 365 g/mol. The topological polar surface area (TPSA) is 55.4 Å². The number of nitrogens with one attached hydrogen (secondary N) is 1. The second-order valence-electron chi connectivity index (χ2n) is 6.11. The van der Waals surface area contributed by atoms with Crippen LogP contribution >= 0.6 is 11.6 Å². The van der Waals surface area contributed by atoms with Gasteiger partial charge in [-0.3, -0.25) is 0 Å². The van der Waals surface area contributed by atoms with Crippen molar-refractivity contribution >= 4 is 34.1 Å². The van der Waals surface area contributed by atoms with Crippen LogP contribution in [0.2, 0.25) is 5.02 Å². The van der Waals surface area contributed by atoms with Crippen LogP contribution in [-0.4, -0.2) is 0 Å². The van der Waals surface area contributed by atoms with Crippen molar-refractivity contribution in [2.75, 3.05) is 5.32 Å². The zero-order valence-corrected chi connectivity index (χ0v) is 15.1. The third kappa shape index (κ3) is 2.78. The molecule has 0 aliphatic rings. The molecule has 0 atom stereocenters. The van der Waals surface area contributed by atoms with Gasteiger partial charge < -0.3 is 14.2 Å². The average Bonchev–Trinajstić information content (AvgIpc) is 2.95. The normalized spacial score (nSPS) is 11.0. The summed E-state index contributed by atoms with van der Waals surface area (Å²) in [6.45, 7) is 3.71. The van der Waals surface area contributed by atoms with Crippen LogP contribution in [0.5, 0.6) is 0 Å². The molecule has 4 rings (SSSR count). The summed E-state index contributed by atoms with van der Waals surface area (Å²) in [4.78, 5) is 12.5. The highest BCUT2D eigenvalue weighted by molar-refractivity contribution is 6.34. The highest BCUT2D eigenvalue weighted by Gasteiger charge is 2.22. The third-order valence-corrected chi connectivity index (χ3v) is 4.59. The molecule has 4 aromatic rings. The van der Waals surface area contributed by atoms with Gasteiger partial charge >= 0.3 is 5.63 Å². The molecule has 0 amide bonds. The Hall–Kier alpha value is -2.98. The lowest BCUT2D eigenvalue weighted by atomic mass is 10.0. The second-order valence-corrected chi connectivity index (χ2v) is 6.52. The zero-order chi connectivity index (χ0) is 18.3. The van der Waals surface area contributed by atoms with E-state index in [1.807, 2.05) is 49.4 Å². The summed E-state index contributed by atoms with van der Waals surface area (Å²) in [5, 5.41) is 4.20. The summed E-state index contributed by atoms with van der Waals surface area (Å²) in [7, 11) is 0. The fourth-order valence-electron chi connectivity index (χ4n) is 3.01. The Morgan fingerprint density at radius 3 is 2.46 bits per heavy atom. The Kier molecular flexibility index (Phi) is 4.05. The van der Waals surface area contributed by atoms with Crippen LogP contribution < -0.4 is 10.9 Å². The molecule has 0 radical (unpaired) electrons. The molecular formula is C21H16ClNO3. The number of furan rings is 1. The van der Waals surface area contributed by atoms with Crippen LogP contribution in [0.25, 0.3) is 22.1 Å². The van der Waals surface area contributed by atoms with Gasteiger partial charge in [0.15, 0.2) is 0 Å². The number of hydrogen-bond donors (Lipinski definition) is 1. The maximum atomic E-state index is 12.5. The first kappa shape index (κ1) is 16.5. The molecule has 0 saturated carbocycles. The molecule has 1 N–H and O–H groups in total. The molecule has 2 aromatic carbocycles. The van der Waals surface area contributed by atoms with Gasteiger partial charge in [0, 0.05) is 22.3 Å². The fraction of sp³-hybridized carbons (Fsp3) is 0.0952. The summed E-state index contributed by atoms with van der Waals surface area (Å²) in [6.07, 6.45) is 0. The summed E-state index contributed by atoms with van der Waals surface area (Å²) in [5.41, 5.74) is 3.27. The summed E-state index contributed by atoms with van der Waals surface area (Å²) in [6, 6.07) is 16.9. The van der Waals surface area contributed by atoms with Crippen molar-refractivity contribution in [2.45, 2.75) is 13.8 Å². The van der Waals surface area contributed by atoms with Crippen LogP contribution in [0.3, 0.4) is 0 Å². The van der Waals surface area contributed by atoms with Gasteiger partial charge in [-0.2, -0.15) is 0 Å². The number of hydrogen-bond acceptors (Lipinski definition) is 4. The molecule has 26 heavy (non-hydrogen) atoms. The number of fused-ring (bicyclic) bond motifs is 1. The SMILES string of the molecule is Cc1cc2oc(Nc3ccccc3C)c(-c3ccccc3Cl)c2c(=O)o1. The Morgan fingerprint density at radius 2 is 1.69 bits per heavy atom. The maximum absolute atomic E-state index is 12.5. The smallest absolute Gasteiger partial charge is 0.347 e. The molecule has 0 unspecified atom stereocenters. The first-order valence-electron chi connectivity index (χ1n) is 8.19. The Balaban J connectivity index is 2.02. The molecule has 0 aliphatic carbocycles. The Morgan fingerprint density at radius 1 is 0.962 bits per heavy atom. The van der Waals surface area contributed by atoms with E-state index < -0.39 is 5.63 Å². The van der Waals surface area contributed by atoms with Crippen molar-refractivity contribution in [1.29, 1.82) is 0 Å². The van der Waals surface area contributed by atoms with E-state index in [1.54, 1.807) is 19.1 Å². The van der Waals surface area contributed by atoms with Crippen molar-refractivity contribution in [2.24, 2.45) is 0 Å². The Labute approximate surface area is 155 Å². The molecule has 0 saturated heterocycles. The number of para-hydroxylation sites is 1. The molecular weight excluding hydrogens is 350 g/mol. The van der Waals surface area contributed by atoms with Gasteiger partial charge in [0.05, 0.1) is 5.56 Å². The number of benzene rings is 2. The number of aryl methyl sites for hydroxylation is 2. The molecule has 2 heterocycles. The van der Waals surface area contributed by atoms with Gasteiger partial charge in [0.25, 0.3) is 0 Å². The quantitative estimate of drug-likeness (QED) is 0.479. The van der Waals surface area contributed by atoms with Crippen LogP contribution in [0.1, 0.15) is 11.3 Å². The maximum Gasteiger partial charge on any atom is 0.347 e. The van der Waals surface area contributed by atoms with Crippen LogP contribution in [0.15, 0.2) is 68.2 Å². The van der Waals surface area contributed by atoms with E-state index >= 15 is 0 Å². The van der Waals surface area contributed by atoms with Gasteiger partial charge in [-0.05, 0) is 31.5 Å². The minimum absolute atomic E-state index is 0.375. The standard InChI is InChI=1S/C21H16ClNO3/c1-12-7-3-6-10-16(12)23-20-18(14-8-4-5-9-15(14)22)19-17(26-20)11-13(2)25-21(19)24/h3-11,23H,1-2H3. The van der Waals surface area contributed by atoms with Gasteiger partial charge in [-0.25, -0.2) is 4.79 Å². The first-order chi connectivity index (χ1) is 12.5. The third-order valence-electron chi connectivity index (χ3n) is 4.26.